The van der Waals surface area contributed by atoms with Crippen molar-refractivity contribution in [2.45, 2.75) is 11.8 Å². The van der Waals surface area contributed by atoms with E-state index in [9.17, 15) is 0 Å². The summed E-state index contributed by atoms with van der Waals surface area (Å²) in [5.74, 6) is 0. The third-order valence-electron chi connectivity index (χ3n) is 3.52. The molecule has 0 N–H and O–H groups in total. The minimum absolute atomic E-state index is 0.514. The Morgan fingerprint density at radius 1 is 1.12 bits per heavy atom. The second-order valence-corrected chi connectivity index (χ2v) is 6.75. The number of benzene rings is 2. The Hall–Kier alpha value is -1.75. The number of nitrogens with zero attached hydrogens (tertiary/aromatic N) is 3. The molecular weight excluding hydrogens is 361 g/mol. The molecule has 0 saturated heterocycles. The molecule has 0 spiro atoms. The molecular formula is C18H15Cl2N3S. The molecule has 0 radical (unpaired) electrons. The zero-order valence-electron chi connectivity index (χ0n) is 13.2. The highest BCUT2D eigenvalue weighted by Crippen LogP contribution is 2.28. The Kier molecular flexibility index (Phi) is 5.29. The lowest BCUT2D eigenvalue weighted by molar-refractivity contribution is 0.863. The lowest BCUT2D eigenvalue weighted by Crippen LogP contribution is -1.96. The van der Waals surface area contributed by atoms with Gasteiger partial charge in [0.15, 0.2) is 0 Å². The molecule has 0 amide bonds. The standard InChI is InChI=1S/C18H15Cl2N3S/c1-12-15(11-21-16-8-3-4-9-17(16)24-2)18(20)23(22-12)14-7-5-6-13(19)10-14/h3-11H,1-2H3. The van der Waals surface area contributed by atoms with Gasteiger partial charge in [0.25, 0.3) is 0 Å². The van der Waals surface area contributed by atoms with Crippen LogP contribution in [0.5, 0.6) is 0 Å². The van der Waals surface area contributed by atoms with E-state index in [1.54, 1.807) is 22.7 Å². The maximum atomic E-state index is 6.52. The molecule has 122 valence electrons. The number of aliphatic imine (C=N–C) groups is 1. The SMILES string of the molecule is CSc1ccccc1N=Cc1c(C)nn(-c2cccc(Cl)c2)c1Cl. The smallest absolute Gasteiger partial charge is 0.141 e. The van der Waals surface area contributed by atoms with Crippen molar-refractivity contribution in [3.8, 4) is 5.69 Å². The van der Waals surface area contributed by atoms with Crippen LogP contribution in [-0.2, 0) is 0 Å². The summed E-state index contributed by atoms with van der Waals surface area (Å²) >= 11 is 14.2. The quantitative estimate of drug-likeness (QED) is 0.415. The zero-order chi connectivity index (χ0) is 17.1. The average Bonchev–Trinajstić information content (AvgIpc) is 2.87. The molecule has 0 aliphatic rings. The number of halogens is 2. The molecule has 0 aliphatic heterocycles. The van der Waals surface area contributed by atoms with Crippen molar-refractivity contribution in [3.05, 3.63) is 70.0 Å². The van der Waals surface area contributed by atoms with Crippen molar-refractivity contribution in [2.24, 2.45) is 4.99 Å². The molecule has 1 heterocycles. The number of hydrogen-bond acceptors (Lipinski definition) is 3. The van der Waals surface area contributed by atoms with Crippen LogP contribution in [0.15, 0.2) is 58.4 Å². The molecule has 3 aromatic rings. The van der Waals surface area contributed by atoms with Crippen LogP contribution < -0.4 is 0 Å². The first kappa shape index (κ1) is 17.1. The second-order valence-electron chi connectivity index (χ2n) is 5.11. The van der Waals surface area contributed by atoms with E-state index in [1.807, 2.05) is 61.7 Å². The fourth-order valence-corrected chi connectivity index (χ4v) is 3.36. The van der Waals surface area contributed by atoms with Gasteiger partial charge in [-0.15, -0.1) is 11.8 Å². The van der Waals surface area contributed by atoms with E-state index >= 15 is 0 Å². The van der Waals surface area contributed by atoms with E-state index in [-0.39, 0.29) is 0 Å². The highest BCUT2D eigenvalue weighted by molar-refractivity contribution is 7.98. The Morgan fingerprint density at radius 2 is 1.92 bits per heavy atom. The first-order valence-corrected chi connectivity index (χ1v) is 9.26. The van der Waals surface area contributed by atoms with Crippen LogP contribution in [0.4, 0.5) is 5.69 Å². The van der Waals surface area contributed by atoms with Crippen molar-refractivity contribution in [1.82, 2.24) is 9.78 Å². The van der Waals surface area contributed by atoms with Gasteiger partial charge >= 0.3 is 0 Å². The third-order valence-corrected chi connectivity index (χ3v) is 4.90. The van der Waals surface area contributed by atoms with Gasteiger partial charge in [0.1, 0.15) is 5.15 Å². The molecule has 0 unspecified atom stereocenters. The Bertz CT molecular complexity index is 903. The largest absolute Gasteiger partial charge is 0.255 e. The van der Waals surface area contributed by atoms with Gasteiger partial charge in [0, 0.05) is 16.1 Å². The lowest BCUT2D eigenvalue weighted by Gasteiger charge is -2.03. The van der Waals surface area contributed by atoms with Gasteiger partial charge in [-0.2, -0.15) is 5.10 Å². The summed E-state index contributed by atoms with van der Waals surface area (Å²) in [5, 5.41) is 5.66. The molecule has 1 aromatic heterocycles. The van der Waals surface area contributed by atoms with Crippen molar-refractivity contribution in [3.63, 3.8) is 0 Å². The van der Waals surface area contributed by atoms with E-state index in [2.05, 4.69) is 10.1 Å². The van der Waals surface area contributed by atoms with Crippen LogP contribution in [-0.4, -0.2) is 22.3 Å². The summed E-state index contributed by atoms with van der Waals surface area (Å²) in [4.78, 5) is 5.70. The summed E-state index contributed by atoms with van der Waals surface area (Å²) in [7, 11) is 0. The Labute approximate surface area is 155 Å². The van der Waals surface area contributed by atoms with E-state index in [1.165, 1.54) is 0 Å². The Morgan fingerprint density at radius 3 is 2.67 bits per heavy atom. The number of hydrogen-bond donors (Lipinski definition) is 0. The summed E-state index contributed by atoms with van der Waals surface area (Å²) in [6.07, 6.45) is 3.80. The summed E-state index contributed by atoms with van der Waals surface area (Å²) in [6, 6.07) is 15.4. The van der Waals surface area contributed by atoms with Gasteiger partial charge in [-0.3, -0.25) is 4.99 Å². The third kappa shape index (κ3) is 3.51. The Balaban J connectivity index is 1.99. The van der Waals surface area contributed by atoms with Crippen LogP contribution in [0, 0.1) is 6.92 Å². The maximum absolute atomic E-state index is 6.52. The van der Waals surface area contributed by atoms with Crippen molar-refractivity contribution >= 4 is 46.9 Å². The molecule has 0 fully saturated rings. The summed E-state index contributed by atoms with van der Waals surface area (Å²) in [6.45, 7) is 1.91. The molecule has 6 heteroatoms. The van der Waals surface area contributed by atoms with Gasteiger partial charge in [-0.25, -0.2) is 4.68 Å². The van der Waals surface area contributed by atoms with Gasteiger partial charge < -0.3 is 0 Å². The normalized spacial score (nSPS) is 11.3. The van der Waals surface area contributed by atoms with Crippen LogP contribution >= 0.6 is 35.0 Å². The fraction of sp³-hybridized carbons (Fsp3) is 0.111. The van der Waals surface area contributed by atoms with Crippen molar-refractivity contribution in [2.75, 3.05) is 6.26 Å². The van der Waals surface area contributed by atoms with Gasteiger partial charge in [0.05, 0.1) is 22.6 Å². The molecule has 3 nitrogen and oxygen atoms in total. The predicted molar refractivity (Wildman–Crippen MR) is 104 cm³/mol. The second kappa shape index (κ2) is 7.43. The highest BCUT2D eigenvalue weighted by atomic mass is 35.5. The summed E-state index contributed by atoms with van der Waals surface area (Å²) in [5.41, 5.74) is 3.34. The summed E-state index contributed by atoms with van der Waals surface area (Å²) < 4.78 is 1.67. The number of aryl methyl sites for hydroxylation is 1. The van der Waals surface area contributed by atoms with E-state index in [0.29, 0.717) is 10.2 Å². The molecule has 0 atom stereocenters. The van der Waals surface area contributed by atoms with Gasteiger partial charge in [-0.05, 0) is 43.5 Å². The minimum atomic E-state index is 0.514. The monoisotopic (exact) mass is 375 g/mol. The van der Waals surface area contributed by atoms with E-state index < -0.39 is 0 Å². The van der Waals surface area contributed by atoms with Crippen LogP contribution in [0.3, 0.4) is 0 Å². The minimum Gasteiger partial charge on any atom is -0.255 e. The molecule has 2 aromatic carbocycles. The van der Waals surface area contributed by atoms with Crippen LogP contribution in [0.2, 0.25) is 10.2 Å². The molecule has 24 heavy (non-hydrogen) atoms. The average molecular weight is 376 g/mol. The zero-order valence-corrected chi connectivity index (χ0v) is 15.5. The number of para-hydroxylation sites is 1. The molecule has 3 rings (SSSR count). The number of thioether (sulfide) groups is 1. The van der Waals surface area contributed by atoms with Crippen LogP contribution in [0.25, 0.3) is 5.69 Å². The van der Waals surface area contributed by atoms with Crippen LogP contribution in [0.1, 0.15) is 11.3 Å². The molecule has 0 aliphatic carbocycles. The van der Waals surface area contributed by atoms with E-state index in [0.717, 1.165) is 27.5 Å². The van der Waals surface area contributed by atoms with E-state index in [4.69, 9.17) is 23.2 Å². The maximum Gasteiger partial charge on any atom is 0.141 e. The fourth-order valence-electron chi connectivity index (χ4n) is 2.31. The topological polar surface area (TPSA) is 30.2 Å². The molecule has 0 bridgehead atoms. The highest BCUT2D eigenvalue weighted by Gasteiger charge is 2.13. The van der Waals surface area contributed by atoms with Gasteiger partial charge in [0.2, 0.25) is 0 Å². The lowest BCUT2D eigenvalue weighted by atomic mass is 10.3. The number of aromatic nitrogens is 2. The molecule has 0 saturated carbocycles. The first-order chi connectivity index (χ1) is 11.6. The van der Waals surface area contributed by atoms with Crippen molar-refractivity contribution < 1.29 is 0 Å². The van der Waals surface area contributed by atoms with Gasteiger partial charge in [-0.1, -0.05) is 41.4 Å². The first-order valence-electron chi connectivity index (χ1n) is 7.28. The predicted octanol–water partition coefficient (Wildman–Crippen LogP) is 5.96. The number of rotatable bonds is 4. The van der Waals surface area contributed by atoms with Crippen molar-refractivity contribution in [1.29, 1.82) is 0 Å².